The summed E-state index contributed by atoms with van der Waals surface area (Å²) in [6.07, 6.45) is 91.0. The zero-order valence-electron chi connectivity index (χ0n) is 83.6. The van der Waals surface area contributed by atoms with Crippen molar-refractivity contribution in [2.45, 2.75) is 588 Å². The number of esters is 4. The highest BCUT2D eigenvalue weighted by Crippen LogP contribution is 2.26. The summed E-state index contributed by atoms with van der Waals surface area (Å²) in [5, 5.41) is 6.42. The van der Waals surface area contributed by atoms with Crippen LogP contribution in [0.3, 0.4) is 0 Å². The number of amides is 2. The van der Waals surface area contributed by atoms with Gasteiger partial charge in [0.05, 0.1) is 25.0 Å². The quantitative estimate of drug-likeness (QED) is 0.0336. The molecule has 0 spiro atoms. The van der Waals surface area contributed by atoms with Crippen molar-refractivity contribution in [2.75, 3.05) is 65.6 Å². The molecule has 0 fully saturated rings. The van der Waals surface area contributed by atoms with Crippen molar-refractivity contribution in [1.82, 2.24) is 20.4 Å². The molecule has 0 unspecified atom stereocenters. The van der Waals surface area contributed by atoms with Crippen LogP contribution >= 0.6 is 0 Å². The zero-order chi connectivity index (χ0) is 89.5. The van der Waals surface area contributed by atoms with Crippen molar-refractivity contribution in [3.05, 3.63) is 0 Å². The van der Waals surface area contributed by atoms with E-state index in [0.29, 0.717) is 58.4 Å². The standard InChI is InChI=1S/C109H212N4O10/c1-9-17-25-33-45-61-78-100(79-62-46-34-26-18-10-2)108(118)120-98-75-59-43-57-73-94-112(92-71-55-41-53-69-88-106(116)122-102(82-65-49-37-29-21-13-5)83-66-50-38-30-22-14-6)96-90-110-104(114)86-77-87-105(115)111-91-97-113(93-72-56-42-54-70-89-107(117)123-103(84-67-51-39-31-23-15-7)85-68-52-40-32-24-16-8)95-74-58-44-60-76-99-121-109(119)101(80-63-47-35-27-19-11-3)81-64-48-36-28-20-12-4/h100-103H,9-99H2,1-8H3,(H,110,114)(H,111,115). The molecule has 14 nitrogen and oxygen atoms in total. The number of rotatable bonds is 102. The minimum atomic E-state index is -0.0108. The normalized spacial score (nSPS) is 11.8. The highest BCUT2D eigenvalue weighted by atomic mass is 16.6. The number of hydrogen-bond acceptors (Lipinski definition) is 12. The Morgan fingerprint density at radius 3 is 0.659 bits per heavy atom. The Bertz CT molecular complexity index is 2020. The predicted octanol–water partition coefficient (Wildman–Crippen LogP) is 31.7. The summed E-state index contributed by atoms with van der Waals surface area (Å²) in [5.41, 5.74) is 0. The van der Waals surface area contributed by atoms with Crippen LogP contribution in [0.5, 0.6) is 0 Å². The molecule has 0 aromatic rings. The maximum Gasteiger partial charge on any atom is 0.308 e. The topological polar surface area (TPSA) is 170 Å². The van der Waals surface area contributed by atoms with Gasteiger partial charge < -0.3 is 39.4 Å². The number of ether oxygens (including phenoxy) is 4. The van der Waals surface area contributed by atoms with E-state index in [4.69, 9.17) is 18.9 Å². The van der Waals surface area contributed by atoms with Gasteiger partial charge in [-0.3, -0.25) is 28.8 Å². The van der Waals surface area contributed by atoms with E-state index in [-0.39, 0.29) is 59.7 Å². The predicted molar refractivity (Wildman–Crippen MR) is 527 cm³/mol. The van der Waals surface area contributed by atoms with Crippen molar-refractivity contribution < 1.29 is 47.7 Å². The molecule has 0 aliphatic rings. The van der Waals surface area contributed by atoms with E-state index in [0.717, 1.165) is 270 Å². The van der Waals surface area contributed by atoms with Crippen molar-refractivity contribution in [3.63, 3.8) is 0 Å². The number of nitrogens with one attached hydrogen (secondary N) is 2. The average molecular weight is 1740 g/mol. The zero-order valence-corrected chi connectivity index (χ0v) is 83.6. The van der Waals surface area contributed by atoms with Crippen molar-refractivity contribution in [3.8, 4) is 0 Å². The molecule has 0 aliphatic heterocycles. The summed E-state index contributed by atoms with van der Waals surface area (Å²) >= 11 is 0. The molecule has 2 N–H and O–H groups in total. The molecule has 0 atom stereocenters. The third-order valence-corrected chi connectivity index (χ3v) is 26.2. The van der Waals surface area contributed by atoms with E-state index in [1.165, 1.54) is 257 Å². The van der Waals surface area contributed by atoms with Crippen molar-refractivity contribution >= 4 is 35.7 Å². The van der Waals surface area contributed by atoms with Gasteiger partial charge in [-0.25, -0.2) is 0 Å². The lowest BCUT2D eigenvalue weighted by molar-refractivity contribution is -0.151. The number of carbonyl (C=O) groups is 6. The van der Waals surface area contributed by atoms with Crippen LogP contribution in [-0.2, 0) is 47.7 Å². The lowest BCUT2D eigenvalue weighted by atomic mass is 9.94. The second-order valence-corrected chi connectivity index (χ2v) is 38.2. The van der Waals surface area contributed by atoms with Gasteiger partial charge in [0.2, 0.25) is 11.8 Å². The summed E-state index contributed by atoms with van der Waals surface area (Å²) in [4.78, 5) is 85.1. The Morgan fingerprint density at radius 1 is 0.211 bits per heavy atom. The number of carbonyl (C=O) groups excluding carboxylic acids is 6. The smallest absolute Gasteiger partial charge is 0.308 e. The van der Waals surface area contributed by atoms with Crippen LogP contribution in [0, 0.1) is 11.8 Å². The van der Waals surface area contributed by atoms with Crippen molar-refractivity contribution in [2.24, 2.45) is 11.8 Å². The number of unbranched alkanes of at least 4 members (excludes halogenated alkanes) is 56. The SMILES string of the molecule is CCCCCCCCC(CCCCCCCC)OC(=O)CCCCCCCN(CCCCCCCOC(=O)C(CCCCCCCC)CCCCCCCC)CCNC(=O)CCCC(=O)NCCN(CCCCCCCOC(=O)C(CCCCCCCC)CCCCCCCC)CCCCCCCC(=O)OC(CCCCCCCC)CCCCCCCC. The molecule has 0 rings (SSSR count). The van der Waals surface area contributed by atoms with E-state index in [1.807, 2.05) is 0 Å². The fourth-order valence-corrected chi connectivity index (χ4v) is 17.8. The molecular formula is C109H212N4O10. The van der Waals surface area contributed by atoms with Gasteiger partial charge in [0, 0.05) is 51.9 Å². The van der Waals surface area contributed by atoms with Gasteiger partial charge in [0.25, 0.3) is 0 Å². The van der Waals surface area contributed by atoms with Gasteiger partial charge in [-0.15, -0.1) is 0 Å². The monoisotopic (exact) mass is 1740 g/mol. The van der Waals surface area contributed by atoms with Gasteiger partial charge in [0.1, 0.15) is 12.2 Å². The Labute approximate surface area is 764 Å². The average Bonchev–Trinajstić information content (AvgIpc) is 0.921. The molecule has 0 aliphatic carbocycles. The Balaban J connectivity index is 5.73. The van der Waals surface area contributed by atoms with Gasteiger partial charge in [0.15, 0.2) is 0 Å². The van der Waals surface area contributed by atoms with E-state index < -0.39 is 0 Å². The van der Waals surface area contributed by atoms with Gasteiger partial charge in [-0.05, 0) is 161 Å². The molecule has 0 saturated heterocycles. The second kappa shape index (κ2) is 97.8. The summed E-state index contributed by atoms with van der Waals surface area (Å²) in [6, 6.07) is 0. The van der Waals surface area contributed by atoms with Crippen LogP contribution in [0.15, 0.2) is 0 Å². The van der Waals surface area contributed by atoms with Crippen LogP contribution in [0.25, 0.3) is 0 Å². The minimum absolute atomic E-state index is 0.00105. The molecule has 0 radical (unpaired) electrons. The number of nitrogens with zero attached hydrogens (tertiary/aromatic N) is 2. The maximum absolute atomic E-state index is 13.4. The summed E-state index contributed by atoms with van der Waals surface area (Å²) in [7, 11) is 0. The van der Waals surface area contributed by atoms with E-state index in [2.05, 4.69) is 75.8 Å². The first-order valence-corrected chi connectivity index (χ1v) is 55.1. The number of hydrogen-bond donors (Lipinski definition) is 2. The van der Waals surface area contributed by atoms with E-state index in [1.54, 1.807) is 0 Å². The minimum Gasteiger partial charge on any atom is -0.465 e. The van der Waals surface area contributed by atoms with E-state index >= 15 is 0 Å². The fraction of sp³-hybridized carbons (Fsp3) is 0.945. The molecule has 0 bridgehead atoms. The van der Waals surface area contributed by atoms with Gasteiger partial charge in [-0.1, -0.05) is 415 Å². The molecule has 14 heteroatoms. The second-order valence-electron chi connectivity index (χ2n) is 38.2. The Hall–Kier alpha value is -3.26. The Morgan fingerprint density at radius 2 is 0.415 bits per heavy atom. The van der Waals surface area contributed by atoms with E-state index in [9.17, 15) is 28.8 Å². The molecule has 0 aromatic heterocycles. The molecule has 0 aromatic carbocycles. The van der Waals surface area contributed by atoms with Crippen LogP contribution in [-0.4, -0.2) is 123 Å². The molecule has 2 amide bonds. The summed E-state index contributed by atoms with van der Waals surface area (Å²) < 4.78 is 24.3. The molecule has 0 heterocycles. The van der Waals surface area contributed by atoms with Crippen LogP contribution in [0.2, 0.25) is 0 Å². The first kappa shape index (κ1) is 120. The van der Waals surface area contributed by atoms with Crippen molar-refractivity contribution in [1.29, 1.82) is 0 Å². The third-order valence-electron chi connectivity index (χ3n) is 26.2. The lowest BCUT2D eigenvalue weighted by Gasteiger charge is -2.23. The Kier molecular flexibility index (Phi) is 95.2. The molecule has 123 heavy (non-hydrogen) atoms. The summed E-state index contributed by atoms with van der Waals surface area (Å²) in [5.74, 6) is 0.129. The lowest BCUT2D eigenvalue weighted by Crippen LogP contribution is -2.36. The molecule has 0 saturated carbocycles. The molecule has 728 valence electrons. The first-order valence-electron chi connectivity index (χ1n) is 55.1. The first-order chi connectivity index (χ1) is 60.4. The van der Waals surface area contributed by atoms with Crippen LogP contribution < -0.4 is 10.6 Å². The van der Waals surface area contributed by atoms with Crippen LogP contribution in [0.4, 0.5) is 0 Å². The molecular weight excluding hydrogens is 1530 g/mol. The van der Waals surface area contributed by atoms with Crippen LogP contribution in [0.1, 0.15) is 575 Å². The summed E-state index contributed by atoms with van der Waals surface area (Å²) in [6.45, 7) is 25.8. The third kappa shape index (κ3) is 86.5. The largest absolute Gasteiger partial charge is 0.465 e. The van der Waals surface area contributed by atoms with Gasteiger partial charge >= 0.3 is 23.9 Å². The highest BCUT2D eigenvalue weighted by Gasteiger charge is 2.23. The fourth-order valence-electron chi connectivity index (χ4n) is 17.8. The van der Waals surface area contributed by atoms with Gasteiger partial charge in [-0.2, -0.15) is 0 Å². The highest BCUT2D eigenvalue weighted by molar-refractivity contribution is 5.79. The maximum atomic E-state index is 13.4.